The third-order valence-corrected chi connectivity index (χ3v) is 6.37. The second kappa shape index (κ2) is 8.74. The molecule has 168 valence electrons. The summed E-state index contributed by atoms with van der Waals surface area (Å²) in [5, 5.41) is 22.0. The average molecular weight is 458 g/mol. The van der Waals surface area contributed by atoms with Crippen molar-refractivity contribution in [2.75, 3.05) is 14.2 Å². The van der Waals surface area contributed by atoms with Crippen LogP contribution in [0.25, 0.3) is 5.76 Å². The van der Waals surface area contributed by atoms with Crippen LogP contribution in [-0.2, 0) is 9.59 Å². The minimum atomic E-state index is -0.862. The maximum atomic E-state index is 13.2. The van der Waals surface area contributed by atoms with Crippen LogP contribution in [0.4, 0.5) is 0 Å². The summed E-state index contributed by atoms with van der Waals surface area (Å²) < 4.78 is 10.5. The van der Waals surface area contributed by atoms with Crippen LogP contribution in [-0.4, -0.2) is 47.1 Å². The Kier molecular flexibility index (Phi) is 6.02. The molecule has 2 aromatic carbocycles. The largest absolute Gasteiger partial charge is 0.507 e. The monoisotopic (exact) mass is 457 g/mol. The second-order valence-electron chi connectivity index (χ2n) is 7.92. The van der Waals surface area contributed by atoms with Crippen molar-refractivity contribution in [1.82, 2.24) is 4.90 Å². The van der Waals surface area contributed by atoms with Crippen LogP contribution in [0.3, 0.4) is 0 Å². The van der Waals surface area contributed by atoms with E-state index in [9.17, 15) is 19.8 Å². The van der Waals surface area contributed by atoms with Gasteiger partial charge in [0.15, 0.2) is 11.5 Å². The molecule has 1 saturated carbocycles. The molecule has 7 nitrogen and oxygen atoms in total. The second-order valence-corrected chi connectivity index (χ2v) is 8.36. The Morgan fingerprint density at radius 3 is 2.31 bits per heavy atom. The van der Waals surface area contributed by atoms with Gasteiger partial charge in [0, 0.05) is 11.1 Å². The summed E-state index contributed by atoms with van der Waals surface area (Å²) in [6.45, 7) is 0. The summed E-state index contributed by atoms with van der Waals surface area (Å²) in [6, 6.07) is 8.39. The van der Waals surface area contributed by atoms with Crippen LogP contribution in [0, 0.1) is 0 Å². The third kappa shape index (κ3) is 3.66. The first kappa shape index (κ1) is 22.0. The highest BCUT2D eigenvalue weighted by molar-refractivity contribution is 6.46. The molecule has 2 aromatic rings. The molecule has 1 unspecified atom stereocenters. The minimum Gasteiger partial charge on any atom is -0.507 e. The molecule has 32 heavy (non-hydrogen) atoms. The molecule has 0 bridgehead atoms. The van der Waals surface area contributed by atoms with Gasteiger partial charge in [0.2, 0.25) is 0 Å². The topological polar surface area (TPSA) is 96.3 Å². The van der Waals surface area contributed by atoms with E-state index in [1.165, 1.54) is 26.4 Å². The number of hydrogen-bond acceptors (Lipinski definition) is 6. The first-order valence-corrected chi connectivity index (χ1v) is 10.8. The van der Waals surface area contributed by atoms with Gasteiger partial charge in [-0.25, -0.2) is 0 Å². The third-order valence-electron chi connectivity index (χ3n) is 6.13. The van der Waals surface area contributed by atoms with E-state index in [4.69, 9.17) is 21.1 Å². The maximum Gasteiger partial charge on any atom is 0.295 e. The summed E-state index contributed by atoms with van der Waals surface area (Å²) >= 11 is 6.13. The number of halogens is 1. The van der Waals surface area contributed by atoms with E-state index in [1.54, 1.807) is 29.2 Å². The molecule has 8 heteroatoms. The number of methoxy groups -OCH3 is 2. The number of amides is 1. The number of phenolic OH excluding ortho intramolecular Hbond substituents is 1. The van der Waals surface area contributed by atoms with Gasteiger partial charge in [-0.15, -0.1) is 0 Å². The van der Waals surface area contributed by atoms with Crippen LogP contribution in [0.2, 0.25) is 5.02 Å². The molecular weight excluding hydrogens is 434 g/mol. The molecule has 1 saturated heterocycles. The number of carbonyl (C=O) groups is 2. The summed E-state index contributed by atoms with van der Waals surface area (Å²) in [4.78, 5) is 27.9. The van der Waals surface area contributed by atoms with Crippen molar-refractivity contribution in [1.29, 1.82) is 0 Å². The van der Waals surface area contributed by atoms with E-state index in [2.05, 4.69) is 0 Å². The van der Waals surface area contributed by atoms with Gasteiger partial charge in [-0.3, -0.25) is 9.59 Å². The Bertz CT molecular complexity index is 1110. The summed E-state index contributed by atoms with van der Waals surface area (Å²) in [7, 11) is 2.88. The zero-order valence-electron chi connectivity index (χ0n) is 17.8. The molecule has 2 fully saturated rings. The van der Waals surface area contributed by atoms with Gasteiger partial charge >= 0.3 is 0 Å². The highest BCUT2D eigenvalue weighted by Crippen LogP contribution is 2.46. The lowest BCUT2D eigenvalue weighted by Crippen LogP contribution is -2.37. The average Bonchev–Trinajstić information content (AvgIpc) is 3.40. The van der Waals surface area contributed by atoms with E-state index >= 15 is 0 Å². The summed E-state index contributed by atoms with van der Waals surface area (Å²) in [6.07, 6.45) is 3.45. The van der Waals surface area contributed by atoms with E-state index in [-0.39, 0.29) is 34.4 Å². The standard InChI is InChI=1S/C24H24ClNO6/c1-31-18-10-8-14(25)12-16(18)22(28)20-21(13-7-9-19(32-2)17(27)11-13)26(24(30)23(20)29)15-5-3-4-6-15/h7-12,15,21,27-28H,3-6H2,1-2H3/b22-20+. The van der Waals surface area contributed by atoms with Crippen LogP contribution < -0.4 is 9.47 Å². The molecule has 2 N–H and O–H groups in total. The summed E-state index contributed by atoms with van der Waals surface area (Å²) in [5.74, 6) is -1.36. The molecule has 1 aliphatic carbocycles. The number of rotatable bonds is 5. The minimum absolute atomic E-state index is 0.0629. The number of nitrogens with zero attached hydrogens (tertiary/aromatic N) is 1. The van der Waals surface area contributed by atoms with Crippen LogP contribution in [0.15, 0.2) is 42.0 Å². The van der Waals surface area contributed by atoms with Crippen molar-refractivity contribution in [3.63, 3.8) is 0 Å². The molecule has 2 aliphatic rings. The quantitative estimate of drug-likeness (QED) is 0.392. The maximum absolute atomic E-state index is 13.2. The number of ketones is 1. The van der Waals surface area contributed by atoms with E-state index in [1.807, 2.05) is 0 Å². The predicted molar refractivity (Wildman–Crippen MR) is 119 cm³/mol. The van der Waals surface area contributed by atoms with Gasteiger partial charge in [0.1, 0.15) is 11.5 Å². The molecule has 0 spiro atoms. The van der Waals surface area contributed by atoms with Crippen molar-refractivity contribution < 1.29 is 29.3 Å². The number of hydrogen-bond donors (Lipinski definition) is 2. The van der Waals surface area contributed by atoms with E-state index < -0.39 is 17.7 Å². The number of aromatic hydroxyl groups is 1. The molecular formula is C24H24ClNO6. The molecule has 1 atom stereocenters. The normalized spacial score (nSPS) is 20.7. The lowest BCUT2D eigenvalue weighted by molar-refractivity contribution is -0.141. The van der Waals surface area contributed by atoms with Gasteiger partial charge in [-0.2, -0.15) is 0 Å². The first-order valence-electron chi connectivity index (χ1n) is 10.4. The van der Waals surface area contributed by atoms with Crippen molar-refractivity contribution in [2.24, 2.45) is 0 Å². The highest BCUT2D eigenvalue weighted by Gasteiger charge is 2.49. The Labute approximate surface area is 190 Å². The van der Waals surface area contributed by atoms with Crippen molar-refractivity contribution >= 4 is 29.1 Å². The molecule has 1 aliphatic heterocycles. The lowest BCUT2D eigenvalue weighted by Gasteiger charge is -2.31. The van der Waals surface area contributed by atoms with E-state index in [0.29, 0.717) is 16.3 Å². The predicted octanol–water partition coefficient (Wildman–Crippen LogP) is 4.43. The Hall–Kier alpha value is -3.19. The number of carbonyl (C=O) groups excluding carboxylic acids is 2. The number of benzene rings is 2. The van der Waals surface area contributed by atoms with Crippen LogP contribution in [0.5, 0.6) is 17.2 Å². The fourth-order valence-corrected chi connectivity index (χ4v) is 4.80. The number of ether oxygens (including phenoxy) is 2. The zero-order valence-corrected chi connectivity index (χ0v) is 18.6. The number of phenols is 1. The fraction of sp³-hybridized carbons (Fsp3) is 0.333. The van der Waals surface area contributed by atoms with Gasteiger partial charge in [-0.05, 0) is 48.7 Å². The van der Waals surface area contributed by atoms with Gasteiger partial charge in [0.25, 0.3) is 11.7 Å². The Balaban J connectivity index is 1.94. The number of Topliss-reactive ketones (excluding diaryl/α,β-unsaturated/α-hetero) is 1. The number of aliphatic hydroxyl groups is 1. The molecule has 1 heterocycles. The number of aliphatic hydroxyl groups excluding tert-OH is 1. The van der Waals surface area contributed by atoms with Crippen molar-refractivity contribution in [2.45, 2.75) is 37.8 Å². The molecule has 0 radical (unpaired) electrons. The smallest absolute Gasteiger partial charge is 0.295 e. The fourth-order valence-electron chi connectivity index (χ4n) is 4.62. The van der Waals surface area contributed by atoms with Gasteiger partial charge in [-0.1, -0.05) is 30.5 Å². The molecule has 0 aromatic heterocycles. The molecule has 4 rings (SSSR count). The number of likely N-dealkylation sites (tertiary alicyclic amines) is 1. The molecule has 1 amide bonds. The van der Waals surface area contributed by atoms with Crippen LogP contribution in [0.1, 0.15) is 42.9 Å². The van der Waals surface area contributed by atoms with Crippen molar-refractivity contribution in [3.8, 4) is 17.2 Å². The highest BCUT2D eigenvalue weighted by atomic mass is 35.5. The Morgan fingerprint density at radius 2 is 1.69 bits per heavy atom. The van der Waals surface area contributed by atoms with E-state index in [0.717, 1.165) is 25.7 Å². The van der Waals surface area contributed by atoms with Crippen LogP contribution >= 0.6 is 11.6 Å². The van der Waals surface area contributed by atoms with Gasteiger partial charge < -0.3 is 24.6 Å². The summed E-state index contributed by atoms with van der Waals surface area (Å²) in [5.41, 5.74) is 0.649. The first-order chi connectivity index (χ1) is 15.4. The SMILES string of the molecule is COc1ccc(C2/C(=C(\O)c3cc(Cl)ccc3OC)C(=O)C(=O)N2C2CCCC2)cc1O. The van der Waals surface area contributed by atoms with Gasteiger partial charge in [0.05, 0.1) is 31.4 Å². The van der Waals surface area contributed by atoms with Crippen molar-refractivity contribution in [3.05, 3.63) is 58.1 Å². The lowest BCUT2D eigenvalue weighted by atomic mass is 9.94. The zero-order chi connectivity index (χ0) is 23.0. The Morgan fingerprint density at radius 1 is 1.03 bits per heavy atom.